The van der Waals surface area contributed by atoms with E-state index in [-0.39, 0.29) is 24.8 Å². The van der Waals surface area contributed by atoms with Gasteiger partial charge in [-0.2, -0.15) is 0 Å². The van der Waals surface area contributed by atoms with E-state index in [9.17, 15) is 9.18 Å². The van der Waals surface area contributed by atoms with Crippen molar-refractivity contribution in [3.63, 3.8) is 0 Å². The lowest BCUT2D eigenvalue weighted by Gasteiger charge is -2.08. The van der Waals surface area contributed by atoms with E-state index in [1.807, 2.05) is 6.92 Å². The monoisotopic (exact) mass is 273 g/mol. The van der Waals surface area contributed by atoms with Crippen LogP contribution in [-0.2, 0) is 22.6 Å². The Hall–Kier alpha value is -2.36. The van der Waals surface area contributed by atoms with Gasteiger partial charge in [0.2, 0.25) is 0 Å². The summed E-state index contributed by atoms with van der Waals surface area (Å²) in [5.41, 5.74) is 8.63. The number of anilines is 1. The maximum atomic E-state index is 13.1. The summed E-state index contributed by atoms with van der Waals surface area (Å²) in [6, 6.07) is 11.5. The Labute approximate surface area is 117 Å². The molecule has 4 heteroatoms. The van der Waals surface area contributed by atoms with Crippen LogP contribution < -0.4 is 5.73 Å². The van der Waals surface area contributed by atoms with Gasteiger partial charge in [0.15, 0.2) is 0 Å². The summed E-state index contributed by atoms with van der Waals surface area (Å²) in [5.74, 6) is -0.682. The summed E-state index contributed by atoms with van der Waals surface area (Å²) < 4.78 is 18.3. The van der Waals surface area contributed by atoms with Gasteiger partial charge in [-0.05, 0) is 47.9 Å². The molecule has 2 N–H and O–H groups in total. The summed E-state index contributed by atoms with van der Waals surface area (Å²) in [6.45, 7) is 1.93. The van der Waals surface area contributed by atoms with Crippen LogP contribution in [-0.4, -0.2) is 5.97 Å². The van der Waals surface area contributed by atoms with Gasteiger partial charge in [-0.15, -0.1) is 0 Å². The van der Waals surface area contributed by atoms with E-state index < -0.39 is 0 Å². The van der Waals surface area contributed by atoms with Gasteiger partial charge < -0.3 is 10.5 Å². The van der Waals surface area contributed by atoms with Crippen molar-refractivity contribution in [2.75, 3.05) is 5.73 Å². The van der Waals surface area contributed by atoms with Crippen molar-refractivity contribution in [3.8, 4) is 0 Å². The molecule has 0 bridgehead atoms. The van der Waals surface area contributed by atoms with Crippen LogP contribution in [0.1, 0.15) is 16.7 Å². The quantitative estimate of drug-likeness (QED) is 0.688. The second-order valence-corrected chi connectivity index (χ2v) is 4.65. The van der Waals surface area contributed by atoms with Crippen LogP contribution in [0.25, 0.3) is 0 Å². The number of benzene rings is 2. The number of carbonyl (C=O) groups excluding carboxylic acids is 1. The standard InChI is InChI=1S/C16H16FNO2/c1-11-2-5-14(17)9-13(11)10-20-16(19)8-12-3-6-15(18)7-4-12/h2-7,9H,8,10,18H2,1H3. The van der Waals surface area contributed by atoms with Crippen LogP contribution in [0.3, 0.4) is 0 Å². The summed E-state index contributed by atoms with van der Waals surface area (Å²) in [6.07, 6.45) is 0.175. The SMILES string of the molecule is Cc1ccc(F)cc1COC(=O)Cc1ccc(N)cc1. The maximum absolute atomic E-state index is 13.1. The molecule has 0 fully saturated rings. The molecule has 0 atom stereocenters. The van der Waals surface area contributed by atoms with E-state index >= 15 is 0 Å². The molecule has 0 amide bonds. The maximum Gasteiger partial charge on any atom is 0.310 e. The number of halogens is 1. The Balaban J connectivity index is 1.92. The van der Waals surface area contributed by atoms with E-state index in [0.717, 1.165) is 11.1 Å². The van der Waals surface area contributed by atoms with Gasteiger partial charge in [0.05, 0.1) is 6.42 Å². The van der Waals surface area contributed by atoms with Crippen molar-refractivity contribution < 1.29 is 13.9 Å². The van der Waals surface area contributed by atoms with Gasteiger partial charge in [-0.25, -0.2) is 4.39 Å². The normalized spacial score (nSPS) is 10.3. The van der Waals surface area contributed by atoms with Crippen molar-refractivity contribution in [2.24, 2.45) is 0 Å². The molecule has 2 aromatic rings. The minimum atomic E-state index is -0.349. The molecule has 2 aromatic carbocycles. The van der Waals surface area contributed by atoms with Crippen molar-refractivity contribution in [3.05, 3.63) is 65.0 Å². The number of hydrogen-bond acceptors (Lipinski definition) is 3. The molecule has 0 aliphatic rings. The number of carbonyl (C=O) groups is 1. The largest absolute Gasteiger partial charge is 0.461 e. The van der Waals surface area contributed by atoms with E-state index in [1.54, 1.807) is 30.3 Å². The molecule has 0 radical (unpaired) electrons. The molecule has 2 rings (SSSR count). The predicted octanol–water partition coefficient (Wildman–Crippen LogP) is 3.00. The highest BCUT2D eigenvalue weighted by Gasteiger charge is 2.07. The number of nitrogens with two attached hydrogens (primary N) is 1. The third-order valence-electron chi connectivity index (χ3n) is 3.03. The first kappa shape index (κ1) is 14.1. The average molecular weight is 273 g/mol. The minimum absolute atomic E-state index is 0.0808. The molecule has 0 heterocycles. The highest BCUT2D eigenvalue weighted by atomic mass is 19.1. The highest BCUT2D eigenvalue weighted by molar-refractivity contribution is 5.72. The first-order valence-corrected chi connectivity index (χ1v) is 6.29. The molecule has 0 aromatic heterocycles. The van der Waals surface area contributed by atoms with Crippen molar-refractivity contribution in [1.29, 1.82) is 0 Å². The Morgan fingerprint density at radius 3 is 2.60 bits per heavy atom. The first-order valence-electron chi connectivity index (χ1n) is 6.29. The second-order valence-electron chi connectivity index (χ2n) is 4.65. The molecule has 0 aliphatic carbocycles. The molecule has 0 unspecified atom stereocenters. The number of esters is 1. The van der Waals surface area contributed by atoms with Crippen LogP contribution >= 0.6 is 0 Å². The number of nitrogen functional groups attached to an aromatic ring is 1. The van der Waals surface area contributed by atoms with Gasteiger partial charge in [-0.1, -0.05) is 18.2 Å². The summed E-state index contributed by atoms with van der Waals surface area (Å²) >= 11 is 0. The highest BCUT2D eigenvalue weighted by Crippen LogP contribution is 2.12. The van der Waals surface area contributed by atoms with E-state index in [0.29, 0.717) is 11.3 Å². The third kappa shape index (κ3) is 3.82. The van der Waals surface area contributed by atoms with E-state index in [2.05, 4.69) is 0 Å². The Morgan fingerprint density at radius 2 is 1.90 bits per heavy atom. The van der Waals surface area contributed by atoms with Crippen molar-refractivity contribution in [1.82, 2.24) is 0 Å². The summed E-state index contributed by atoms with van der Waals surface area (Å²) in [4.78, 5) is 11.7. The van der Waals surface area contributed by atoms with Crippen molar-refractivity contribution in [2.45, 2.75) is 20.0 Å². The minimum Gasteiger partial charge on any atom is -0.461 e. The fourth-order valence-corrected chi connectivity index (χ4v) is 1.81. The zero-order valence-electron chi connectivity index (χ0n) is 11.2. The fraction of sp³-hybridized carbons (Fsp3) is 0.188. The number of rotatable bonds is 4. The number of aryl methyl sites for hydroxylation is 1. The van der Waals surface area contributed by atoms with Crippen LogP contribution in [0, 0.1) is 12.7 Å². The van der Waals surface area contributed by atoms with Crippen molar-refractivity contribution >= 4 is 11.7 Å². The van der Waals surface area contributed by atoms with Crippen LogP contribution in [0.2, 0.25) is 0 Å². The summed E-state index contributed by atoms with van der Waals surface area (Å²) in [5, 5.41) is 0. The molecular weight excluding hydrogens is 257 g/mol. The van der Waals surface area contributed by atoms with Gasteiger partial charge >= 0.3 is 5.97 Å². The molecule has 0 spiro atoms. The van der Waals surface area contributed by atoms with Gasteiger partial charge in [0.25, 0.3) is 0 Å². The van der Waals surface area contributed by atoms with E-state index in [4.69, 9.17) is 10.5 Å². The van der Waals surface area contributed by atoms with Crippen LogP contribution in [0.5, 0.6) is 0 Å². The van der Waals surface area contributed by atoms with Gasteiger partial charge in [0, 0.05) is 5.69 Å². The smallest absolute Gasteiger partial charge is 0.310 e. The molecule has 0 saturated carbocycles. The zero-order valence-corrected chi connectivity index (χ0v) is 11.2. The molecule has 3 nitrogen and oxygen atoms in total. The van der Waals surface area contributed by atoms with Crippen LogP contribution in [0.4, 0.5) is 10.1 Å². The Bertz CT molecular complexity index is 608. The number of ether oxygens (including phenoxy) is 1. The third-order valence-corrected chi connectivity index (χ3v) is 3.03. The zero-order chi connectivity index (χ0) is 14.5. The van der Waals surface area contributed by atoms with Gasteiger partial charge in [-0.3, -0.25) is 4.79 Å². The topological polar surface area (TPSA) is 52.3 Å². The molecular formula is C16H16FNO2. The van der Waals surface area contributed by atoms with Crippen LogP contribution in [0.15, 0.2) is 42.5 Å². The van der Waals surface area contributed by atoms with Gasteiger partial charge in [0.1, 0.15) is 12.4 Å². The molecule has 20 heavy (non-hydrogen) atoms. The lowest BCUT2D eigenvalue weighted by molar-refractivity contribution is -0.144. The summed E-state index contributed by atoms with van der Waals surface area (Å²) in [7, 11) is 0. The molecule has 104 valence electrons. The lowest BCUT2D eigenvalue weighted by Crippen LogP contribution is -2.08. The lowest BCUT2D eigenvalue weighted by atomic mass is 10.1. The fourth-order valence-electron chi connectivity index (χ4n) is 1.81. The average Bonchev–Trinajstić information content (AvgIpc) is 2.42. The molecule has 0 aliphatic heterocycles. The first-order chi connectivity index (χ1) is 9.54. The Kier molecular flexibility index (Phi) is 4.35. The van der Waals surface area contributed by atoms with E-state index in [1.165, 1.54) is 12.1 Å². The molecule has 0 saturated heterocycles. The predicted molar refractivity (Wildman–Crippen MR) is 75.5 cm³/mol. The second kappa shape index (κ2) is 6.19. The Morgan fingerprint density at radius 1 is 1.20 bits per heavy atom. The number of hydrogen-bond donors (Lipinski definition) is 1.